The minimum absolute atomic E-state index is 0.00638. The van der Waals surface area contributed by atoms with Crippen LogP contribution in [0.4, 0.5) is 4.79 Å². The normalized spacial score (nSPS) is 25.4. The maximum Gasteiger partial charge on any atom is 0.412 e. The Labute approximate surface area is 186 Å². The molecule has 0 unspecified atom stereocenters. The predicted molar refractivity (Wildman–Crippen MR) is 126 cm³/mol. The first-order valence-corrected chi connectivity index (χ1v) is 14.0. The summed E-state index contributed by atoms with van der Waals surface area (Å²) in [5, 5.41) is 0.0727. The van der Waals surface area contributed by atoms with E-state index in [1.165, 1.54) is 0 Å². The Morgan fingerprint density at radius 2 is 1.67 bits per heavy atom. The molecular formula is C24H45NO4Si. The van der Waals surface area contributed by atoms with Crippen molar-refractivity contribution in [3.05, 3.63) is 0 Å². The highest BCUT2D eigenvalue weighted by Crippen LogP contribution is 2.42. The molecule has 5 atom stereocenters. The van der Waals surface area contributed by atoms with Crippen LogP contribution in [-0.4, -0.2) is 48.9 Å². The van der Waals surface area contributed by atoms with Gasteiger partial charge >= 0.3 is 6.09 Å². The fraction of sp³-hybridized carbons (Fsp3) is 0.875. The molecule has 30 heavy (non-hydrogen) atoms. The number of carbonyl (C=O) groups is 1. The number of hydrogen-bond donors (Lipinski definition) is 0. The van der Waals surface area contributed by atoms with Crippen molar-refractivity contribution in [2.75, 3.05) is 0 Å². The van der Waals surface area contributed by atoms with E-state index in [1.807, 2.05) is 48.5 Å². The summed E-state index contributed by atoms with van der Waals surface area (Å²) in [7, 11) is -2.05. The highest BCUT2D eigenvalue weighted by atomic mass is 28.4. The van der Waals surface area contributed by atoms with E-state index in [-0.39, 0.29) is 41.2 Å². The van der Waals surface area contributed by atoms with Crippen molar-refractivity contribution < 1.29 is 18.7 Å². The van der Waals surface area contributed by atoms with E-state index in [0.717, 1.165) is 0 Å². The highest BCUT2D eigenvalue weighted by molar-refractivity contribution is 6.74. The van der Waals surface area contributed by atoms with Gasteiger partial charge in [-0.3, -0.25) is 4.90 Å². The molecule has 5 nitrogen and oxygen atoms in total. The Bertz CT molecular complexity index is 654. The Hall–Kier alpha value is -1.03. The van der Waals surface area contributed by atoms with Crippen molar-refractivity contribution in [1.29, 1.82) is 0 Å². The lowest BCUT2D eigenvalue weighted by Crippen LogP contribution is -2.51. The van der Waals surface area contributed by atoms with Crippen molar-refractivity contribution in [3.8, 4) is 12.3 Å². The van der Waals surface area contributed by atoms with Gasteiger partial charge in [-0.05, 0) is 66.6 Å². The summed E-state index contributed by atoms with van der Waals surface area (Å²) in [6, 6.07) is -0.166. The SMILES string of the molecule is C#C[C@@H](C)[C@@H](O[Si](C)(C)C(C)(C)C)[C@H](C)[C@@H]1OC(C)(C)N(C(=O)OC(C)(C)C)[C@@H]1C. The van der Waals surface area contributed by atoms with Crippen molar-refractivity contribution in [1.82, 2.24) is 4.90 Å². The van der Waals surface area contributed by atoms with Crippen LogP contribution in [0.2, 0.25) is 18.1 Å². The number of nitrogens with zero attached hydrogens (tertiary/aromatic N) is 1. The van der Waals surface area contributed by atoms with E-state index in [2.05, 4.69) is 46.7 Å². The summed E-state index contributed by atoms with van der Waals surface area (Å²) in [5.74, 6) is 2.82. The number of ether oxygens (including phenoxy) is 2. The molecular weight excluding hydrogens is 394 g/mol. The van der Waals surface area contributed by atoms with Gasteiger partial charge in [0.15, 0.2) is 8.32 Å². The van der Waals surface area contributed by atoms with Crippen molar-refractivity contribution >= 4 is 14.4 Å². The average molecular weight is 440 g/mol. The summed E-state index contributed by atoms with van der Waals surface area (Å²) in [5.41, 5.74) is -1.34. The zero-order valence-corrected chi connectivity index (χ0v) is 22.5. The number of hydrogen-bond acceptors (Lipinski definition) is 4. The van der Waals surface area contributed by atoms with Gasteiger partial charge in [-0.15, -0.1) is 12.3 Å². The highest BCUT2D eigenvalue weighted by Gasteiger charge is 2.53. The second-order valence-corrected chi connectivity index (χ2v) is 16.5. The minimum atomic E-state index is -2.05. The number of rotatable bonds is 5. The second-order valence-electron chi connectivity index (χ2n) is 11.8. The van der Waals surface area contributed by atoms with Gasteiger partial charge in [0, 0.05) is 11.8 Å². The lowest BCUT2D eigenvalue weighted by molar-refractivity contribution is -0.0997. The van der Waals surface area contributed by atoms with Crippen molar-refractivity contribution in [2.45, 2.75) is 124 Å². The van der Waals surface area contributed by atoms with Crippen LogP contribution in [-0.2, 0) is 13.9 Å². The van der Waals surface area contributed by atoms with Gasteiger partial charge in [-0.1, -0.05) is 27.7 Å². The molecule has 174 valence electrons. The molecule has 0 N–H and O–H groups in total. The lowest BCUT2D eigenvalue weighted by Gasteiger charge is -2.43. The smallest absolute Gasteiger partial charge is 0.412 e. The van der Waals surface area contributed by atoms with Gasteiger partial charge in [0.25, 0.3) is 0 Å². The van der Waals surface area contributed by atoms with Crippen LogP contribution in [0.25, 0.3) is 0 Å². The first-order valence-electron chi connectivity index (χ1n) is 11.1. The third-order valence-corrected chi connectivity index (χ3v) is 11.0. The number of terminal acetylenes is 1. The Kier molecular flexibility index (Phi) is 7.96. The van der Waals surface area contributed by atoms with Crippen LogP contribution in [0, 0.1) is 24.2 Å². The first-order chi connectivity index (χ1) is 13.2. The van der Waals surface area contributed by atoms with Gasteiger partial charge in [0.05, 0.1) is 18.2 Å². The first kappa shape index (κ1) is 27.0. The maximum atomic E-state index is 12.9. The third-order valence-electron chi connectivity index (χ3n) is 6.51. The van der Waals surface area contributed by atoms with Gasteiger partial charge in [0.1, 0.15) is 11.3 Å². The van der Waals surface area contributed by atoms with Gasteiger partial charge in [-0.2, -0.15) is 0 Å². The van der Waals surface area contributed by atoms with Crippen molar-refractivity contribution in [3.63, 3.8) is 0 Å². The topological polar surface area (TPSA) is 48.0 Å². The van der Waals surface area contributed by atoms with E-state index >= 15 is 0 Å². The zero-order valence-electron chi connectivity index (χ0n) is 21.5. The van der Waals surface area contributed by atoms with Crippen LogP contribution in [0.15, 0.2) is 0 Å². The molecule has 1 saturated heterocycles. The number of amides is 1. The second kappa shape index (κ2) is 8.84. The molecule has 1 fully saturated rings. The lowest BCUT2D eigenvalue weighted by atomic mass is 9.87. The molecule has 1 rings (SSSR count). The van der Waals surface area contributed by atoms with Crippen LogP contribution in [0.5, 0.6) is 0 Å². The average Bonchev–Trinajstić information content (AvgIpc) is 2.77. The van der Waals surface area contributed by atoms with Crippen LogP contribution in [0.3, 0.4) is 0 Å². The molecule has 0 aromatic rings. The van der Waals surface area contributed by atoms with Crippen LogP contribution in [0.1, 0.15) is 76.2 Å². The van der Waals surface area contributed by atoms with E-state index in [4.69, 9.17) is 20.3 Å². The van der Waals surface area contributed by atoms with Gasteiger partial charge in [0.2, 0.25) is 0 Å². The fourth-order valence-corrected chi connectivity index (χ4v) is 5.29. The van der Waals surface area contributed by atoms with Gasteiger partial charge < -0.3 is 13.9 Å². The van der Waals surface area contributed by atoms with E-state index < -0.39 is 19.6 Å². The quantitative estimate of drug-likeness (QED) is 0.387. The summed E-state index contributed by atoms with van der Waals surface area (Å²) in [6.07, 6.45) is 5.11. The molecule has 1 amide bonds. The minimum Gasteiger partial charge on any atom is -0.444 e. The summed E-state index contributed by atoms with van der Waals surface area (Å²) in [6.45, 7) is 26.8. The molecule has 1 aliphatic rings. The predicted octanol–water partition coefficient (Wildman–Crippen LogP) is 6.04. The molecule has 0 saturated carbocycles. The standard InChI is InChI=1S/C24H45NO4Si/c1-15-16(2)19(29-30(13,14)23(8,9)10)17(3)20-18(4)25(24(11,12)27-20)21(26)28-22(5,6)7/h1,16-20H,2-14H3/t16-,17+,18-,19-,20+/m1/s1. The molecule has 0 aromatic heterocycles. The van der Waals surface area contributed by atoms with Crippen LogP contribution < -0.4 is 0 Å². The van der Waals surface area contributed by atoms with E-state index in [1.54, 1.807) is 4.90 Å². The summed E-state index contributed by atoms with van der Waals surface area (Å²) in [4.78, 5) is 14.7. The van der Waals surface area contributed by atoms with E-state index in [9.17, 15) is 4.79 Å². The third kappa shape index (κ3) is 6.02. The molecule has 0 spiro atoms. The number of carbonyl (C=O) groups excluding carboxylic acids is 1. The molecule has 1 aliphatic heterocycles. The Morgan fingerprint density at radius 3 is 2.07 bits per heavy atom. The monoisotopic (exact) mass is 439 g/mol. The molecule has 6 heteroatoms. The zero-order chi connectivity index (χ0) is 23.9. The Morgan fingerprint density at radius 1 is 1.17 bits per heavy atom. The molecule has 0 radical (unpaired) electrons. The largest absolute Gasteiger partial charge is 0.444 e. The molecule has 1 heterocycles. The molecule has 0 aliphatic carbocycles. The maximum absolute atomic E-state index is 12.9. The van der Waals surface area contributed by atoms with Gasteiger partial charge in [-0.25, -0.2) is 4.79 Å². The molecule has 0 aromatic carbocycles. The van der Waals surface area contributed by atoms with Crippen LogP contribution >= 0.6 is 0 Å². The fourth-order valence-electron chi connectivity index (χ4n) is 3.83. The summed E-state index contributed by atoms with van der Waals surface area (Å²) < 4.78 is 18.9. The van der Waals surface area contributed by atoms with E-state index in [0.29, 0.717) is 0 Å². The summed E-state index contributed by atoms with van der Waals surface area (Å²) >= 11 is 0. The Balaban J connectivity index is 3.21. The van der Waals surface area contributed by atoms with Crippen molar-refractivity contribution in [2.24, 2.45) is 11.8 Å². The molecule has 0 bridgehead atoms.